The summed E-state index contributed by atoms with van der Waals surface area (Å²) in [6, 6.07) is 13.8. The molecule has 0 N–H and O–H groups in total. The molecule has 0 amide bonds. The fourth-order valence-electron chi connectivity index (χ4n) is 4.39. The van der Waals surface area contributed by atoms with E-state index in [4.69, 9.17) is 4.74 Å². The molecule has 1 aromatic carbocycles. The molecule has 0 radical (unpaired) electrons. The van der Waals surface area contributed by atoms with Gasteiger partial charge in [0.1, 0.15) is 0 Å². The van der Waals surface area contributed by atoms with Crippen LogP contribution in [0.15, 0.2) is 53.5 Å². The van der Waals surface area contributed by atoms with Gasteiger partial charge in [0.25, 0.3) is 5.56 Å². The summed E-state index contributed by atoms with van der Waals surface area (Å²) in [5.41, 5.74) is 2.51. The maximum atomic E-state index is 12.1. The van der Waals surface area contributed by atoms with E-state index in [0.717, 1.165) is 37.7 Å². The molecule has 2 atom stereocenters. The van der Waals surface area contributed by atoms with Crippen molar-refractivity contribution in [2.75, 3.05) is 6.61 Å². The average molecular weight is 396 g/mol. The molecule has 4 nitrogen and oxygen atoms in total. The molecule has 2 aromatic rings. The van der Waals surface area contributed by atoms with E-state index in [0.29, 0.717) is 19.1 Å². The number of hydrogen-bond acceptors (Lipinski definition) is 3. The van der Waals surface area contributed by atoms with Crippen LogP contribution in [0, 0.1) is 11.8 Å². The monoisotopic (exact) mass is 395 g/mol. The van der Waals surface area contributed by atoms with E-state index in [2.05, 4.69) is 24.3 Å². The molecule has 1 saturated carbocycles. The summed E-state index contributed by atoms with van der Waals surface area (Å²) < 4.78 is 6.98. The number of pyridine rings is 1. The lowest BCUT2D eigenvalue weighted by molar-refractivity contribution is -0.148. The first kappa shape index (κ1) is 21.4. The van der Waals surface area contributed by atoms with Crippen molar-refractivity contribution in [3.8, 4) is 0 Å². The minimum atomic E-state index is 0.00696. The summed E-state index contributed by atoms with van der Waals surface area (Å²) in [4.78, 5) is 24.0. The van der Waals surface area contributed by atoms with Crippen molar-refractivity contribution in [2.45, 2.75) is 64.8 Å². The molecule has 4 heteroatoms. The Hall–Kier alpha value is -2.36. The van der Waals surface area contributed by atoms with Gasteiger partial charge in [0.15, 0.2) is 0 Å². The molecule has 1 heterocycles. The summed E-state index contributed by atoms with van der Waals surface area (Å²) in [7, 11) is 0. The van der Waals surface area contributed by atoms with Gasteiger partial charge < -0.3 is 9.30 Å². The van der Waals surface area contributed by atoms with Gasteiger partial charge in [0, 0.05) is 12.3 Å². The predicted molar refractivity (Wildman–Crippen MR) is 116 cm³/mol. The summed E-state index contributed by atoms with van der Waals surface area (Å²) in [6.07, 6.45) is 10.8. The Morgan fingerprint density at radius 3 is 2.59 bits per heavy atom. The van der Waals surface area contributed by atoms with E-state index in [1.165, 1.54) is 24.8 Å². The van der Waals surface area contributed by atoms with Crippen molar-refractivity contribution in [1.82, 2.24) is 4.57 Å². The van der Waals surface area contributed by atoms with Gasteiger partial charge in [-0.15, -0.1) is 0 Å². The highest BCUT2D eigenvalue weighted by atomic mass is 16.5. The van der Waals surface area contributed by atoms with Gasteiger partial charge in [-0.25, -0.2) is 0 Å². The zero-order valence-electron chi connectivity index (χ0n) is 17.5. The largest absolute Gasteiger partial charge is 0.466 e. The van der Waals surface area contributed by atoms with Crippen molar-refractivity contribution in [1.29, 1.82) is 0 Å². The number of carbonyl (C=O) groups excluding carboxylic acids is 1. The minimum absolute atomic E-state index is 0.00696. The Kier molecular flexibility index (Phi) is 8.09. The first-order chi connectivity index (χ1) is 14.2. The number of benzene rings is 1. The Bertz CT molecular complexity index is 824. The van der Waals surface area contributed by atoms with Crippen LogP contribution in [0.3, 0.4) is 0 Å². The van der Waals surface area contributed by atoms with Crippen molar-refractivity contribution in [2.24, 2.45) is 11.8 Å². The van der Waals surface area contributed by atoms with E-state index in [-0.39, 0.29) is 17.4 Å². The number of ether oxygens (including phenoxy) is 1. The van der Waals surface area contributed by atoms with Crippen LogP contribution in [0.1, 0.15) is 63.0 Å². The summed E-state index contributed by atoms with van der Waals surface area (Å²) in [6.45, 7) is 2.97. The number of hydrogen-bond donors (Lipinski definition) is 0. The van der Waals surface area contributed by atoms with Gasteiger partial charge in [-0.05, 0) is 55.7 Å². The number of nitrogens with zero attached hydrogens (tertiary/aromatic N) is 1. The Morgan fingerprint density at radius 2 is 1.83 bits per heavy atom. The van der Waals surface area contributed by atoms with Crippen LogP contribution in [-0.4, -0.2) is 17.1 Å². The molecule has 0 bridgehead atoms. The molecule has 0 saturated heterocycles. The van der Waals surface area contributed by atoms with Crippen molar-refractivity contribution in [3.05, 3.63) is 70.1 Å². The highest BCUT2D eigenvalue weighted by molar-refractivity contribution is 5.72. The van der Waals surface area contributed by atoms with Gasteiger partial charge in [0.05, 0.1) is 19.1 Å². The van der Waals surface area contributed by atoms with Crippen LogP contribution < -0.4 is 5.56 Å². The molecule has 2 unspecified atom stereocenters. The number of aryl methyl sites for hydroxylation is 1. The second kappa shape index (κ2) is 11.0. The number of carbonyl (C=O) groups is 1. The molecule has 156 valence electrons. The molecule has 0 spiro atoms. The number of rotatable bonds is 8. The normalized spacial score (nSPS) is 19.5. The zero-order chi connectivity index (χ0) is 20.5. The quantitative estimate of drug-likeness (QED) is 0.468. The van der Waals surface area contributed by atoms with Crippen LogP contribution in [0.25, 0.3) is 0 Å². The maximum Gasteiger partial charge on any atom is 0.308 e. The Morgan fingerprint density at radius 1 is 1.07 bits per heavy atom. The van der Waals surface area contributed by atoms with Gasteiger partial charge in [-0.3, -0.25) is 9.59 Å². The smallest absolute Gasteiger partial charge is 0.308 e. The minimum Gasteiger partial charge on any atom is -0.466 e. The molecule has 1 aliphatic carbocycles. The fraction of sp³-hybridized carbons (Fsp3) is 0.520. The molecule has 1 aromatic heterocycles. The van der Waals surface area contributed by atoms with E-state index in [9.17, 15) is 9.59 Å². The van der Waals surface area contributed by atoms with Crippen molar-refractivity contribution in [3.63, 3.8) is 0 Å². The lowest BCUT2D eigenvalue weighted by Crippen LogP contribution is -2.19. The topological polar surface area (TPSA) is 48.3 Å². The van der Waals surface area contributed by atoms with Crippen LogP contribution in [0.2, 0.25) is 0 Å². The van der Waals surface area contributed by atoms with Crippen LogP contribution >= 0.6 is 0 Å². The zero-order valence-corrected chi connectivity index (χ0v) is 17.5. The third kappa shape index (κ3) is 6.59. The molecular formula is C25H33NO3. The second-order valence-electron chi connectivity index (χ2n) is 8.21. The second-order valence-corrected chi connectivity index (χ2v) is 8.21. The molecular weight excluding hydrogens is 362 g/mol. The maximum absolute atomic E-state index is 12.1. The third-order valence-corrected chi connectivity index (χ3v) is 6.01. The van der Waals surface area contributed by atoms with E-state index < -0.39 is 0 Å². The highest BCUT2D eigenvalue weighted by Gasteiger charge is 2.26. The molecule has 1 fully saturated rings. The third-order valence-electron chi connectivity index (χ3n) is 6.01. The molecule has 29 heavy (non-hydrogen) atoms. The Balaban J connectivity index is 1.46. The highest BCUT2D eigenvalue weighted by Crippen LogP contribution is 2.31. The Labute approximate surface area is 173 Å². The fourth-order valence-corrected chi connectivity index (χ4v) is 4.39. The lowest BCUT2D eigenvalue weighted by atomic mass is 9.88. The van der Waals surface area contributed by atoms with Crippen LogP contribution in [0.4, 0.5) is 0 Å². The van der Waals surface area contributed by atoms with Gasteiger partial charge in [0.2, 0.25) is 0 Å². The summed E-state index contributed by atoms with van der Waals surface area (Å²) in [5.74, 6) is 0.742. The van der Waals surface area contributed by atoms with E-state index in [1.54, 1.807) is 16.7 Å². The van der Waals surface area contributed by atoms with Gasteiger partial charge in [-0.1, -0.05) is 56.0 Å². The first-order valence-corrected chi connectivity index (χ1v) is 11.1. The van der Waals surface area contributed by atoms with Crippen molar-refractivity contribution >= 4 is 5.97 Å². The molecule has 1 aliphatic rings. The standard InChI is InChI=1S/C25H33NO3/c1-2-29-25(28)23-11-4-3-8-21(18-23)10-7-9-20-13-15-22(16-14-20)19-26-17-6-5-12-24(26)27/h5-6,12-17,21,23H,2-4,7-11,18-19H2,1H3. The first-order valence-electron chi connectivity index (χ1n) is 11.1. The summed E-state index contributed by atoms with van der Waals surface area (Å²) >= 11 is 0. The SMILES string of the molecule is CCOC(=O)C1CCCCC(CCCc2ccc(Cn3ccccc3=O)cc2)C1. The van der Waals surface area contributed by atoms with E-state index >= 15 is 0 Å². The van der Waals surface area contributed by atoms with Gasteiger partial charge >= 0.3 is 5.97 Å². The molecule has 3 rings (SSSR count). The lowest BCUT2D eigenvalue weighted by Gasteiger charge is -2.18. The van der Waals surface area contributed by atoms with Crippen LogP contribution in [0.5, 0.6) is 0 Å². The number of aromatic nitrogens is 1. The predicted octanol–water partition coefficient (Wildman–Crippen LogP) is 4.98. The van der Waals surface area contributed by atoms with Gasteiger partial charge in [-0.2, -0.15) is 0 Å². The van der Waals surface area contributed by atoms with Crippen molar-refractivity contribution < 1.29 is 9.53 Å². The average Bonchev–Trinajstić information content (AvgIpc) is 2.97. The van der Waals surface area contributed by atoms with Crippen LogP contribution in [-0.2, 0) is 22.5 Å². The molecule has 0 aliphatic heterocycles. The summed E-state index contributed by atoms with van der Waals surface area (Å²) in [5, 5.41) is 0. The number of esters is 1. The van der Waals surface area contributed by atoms with E-state index in [1.807, 2.05) is 19.2 Å².